The van der Waals surface area contributed by atoms with Gasteiger partial charge in [0.05, 0.1) is 16.7 Å². The summed E-state index contributed by atoms with van der Waals surface area (Å²) in [4.78, 5) is 5.16. The predicted octanol–water partition coefficient (Wildman–Crippen LogP) is 7.68. The summed E-state index contributed by atoms with van der Waals surface area (Å²) in [5.74, 6) is 0. The lowest BCUT2D eigenvalue weighted by Crippen LogP contribution is -2.21. The van der Waals surface area contributed by atoms with E-state index in [0.717, 1.165) is 17.8 Å². The van der Waals surface area contributed by atoms with Crippen LogP contribution in [0.1, 0.15) is 11.9 Å². The minimum atomic E-state index is -0.126. The first-order chi connectivity index (χ1) is 17.8. The molecule has 0 aliphatic carbocycles. The van der Waals surface area contributed by atoms with Gasteiger partial charge < -0.3 is 4.57 Å². The zero-order chi connectivity index (χ0) is 23.9. The van der Waals surface area contributed by atoms with Crippen LogP contribution < -0.4 is 5.32 Å². The highest BCUT2D eigenvalue weighted by Gasteiger charge is 2.23. The molecular formula is C33H25N3. The van der Waals surface area contributed by atoms with E-state index in [0.29, 0.717) is 0 Å². The van der Waals surface area contributed by atoms with Crippen molar-refractivity contribution < 1.29 is 0 Å². The lowest BCUT2D eigenvalue weighted by Gasteiger charge is -2.13. The van der Waals surface area contributed by atoms with Crippen molar-refractivity contribution in [3.05, 3.63) is 133 Å². The van der Waals surface area contributed by atoms with E-state index in [-0.39, 0.29) is 6.29 Å². The van der Waals surface area contributed by atoms with Gasteiger partial charge in [0.25, 0.3) is 0 Å². The predicted molar refractivity (Wildman–Crippen MR) is 150 cm³/mol. The molecule has 7 rings (SSSR count). The van der Waals surface area contributed by atoms with Crippen molar-refractivity contribution in [1.82, 2.24) is 9.88 Å². The average molecular weight is 464 g/mol. The fourth-order valence-electron chi connectivity index (χ4n) is 5.33. The van der Waals surface area contributed by atoms with Crippen LogP contribution in [0, 0.1) is 0 Å². The number of hydrogen-bond acceptors (Lipinski definition) is 2. The van der Waals surface area contributed by atoms with E-state index >= 15 is 0 Å². The molecule has 0 spiro atoms. The Hall–Kier alpha value is -4.47. The van der Waals surface area contributed by atoms with Crippen molar-refractivity contribution in [1.29, 1.82) is 0 Å². The van der Waals surface area contributed by atoms with Crippen LogP contribution in [0.4, 0.5) is 0 Å². The zero-order valence-electron chi connectivity index (χ0n) is 19.8. The Labute approximate surface area is 210 Å². The Morgan fingerprint density at radius 3 is 1.75 bits per heavy atom. The van der Waals surface area contributed by atoms with Gasteiger partial charge in [-0.25, -0.2) is 4.99 Å². The van der Waals surface area contributed by atoms with E-state index in [2.05, 4.69) is 137 Å². The first kappa shape index (κ1) is 20.9. The molecule has 2 heterocycles. The third-order valence-corrected chi connectivity index (χ3v) is 7.11. The van der Waals surface area contributed by atoms with Crippen molar-refractivity contribution in [3.63, 3.8) is 0 Å². The van der Waals surface area contributed by atoms with E-state index in [1.54, 1.807) is 0 Å². The van der Waals surface area contributed by atoms with Crippen molar-refractivity contribution in [2.24, 2.45) is 4.99 Å². The Morgan fingerprint density at radius 2 is 1.06 bits per heavy atom. The summed E-state index contributed by atoms with van der Waals surface area (Å²) in [6.45, 7) is 0.738. The average Bonchev–Trinajstić information content (AvgIpc) is 3.57. The highest BCUT2D eigenvalue weighted by molar-refractivity contribution is 6.08. The number of fused-ring (bicyclic) bond motifs is 3. The molecule has 1 N–H and O–H groups in total. The van der Waals surface area contributed by atoms with Crippen molar-refractivity contribution in [2.45, 2.75) is 6.29 Å². The van der Waals surface area contributed by atoms with Crippen LogP contribution in [0.5, 0.6) is 0 Å². The van der Waals surface area contributed by atoms with Gasteiger partial charge >= 0.3 is 0 Å². The lowest BCUT2D eigenvalue weighted by molar-refractivity contribution is 0.497. The second-order valence-electron chi connectivity index (χ2n) is 9.26. The van der Waals surface area contributed by atoms with E-state index in [1.807, 2.05) is 0 Å². The number of nitrogens with zero attached hydrogens (tertiary/aromatic N) is 2. The molecule has 5 aromatic carbocycles. The Bertz CT molecular complexity index is 1670. The fourth-order valence-corrected chi connectivity index (χ4v) is 5.33. The molecule has 172 valence electrons. The zero-order valence-corrected chi connectivity index (χ0v) is 19.8. The molecule has 1 atom stereocenters. The van der Waals surface area contributed by atoms with E-state index in [9.17, 15) is 0 Å². The Kier molecular flexibility index (Phi) is 5.00. The molecule has 0 amide bonds. The first-order valence-electron chi connectivity index (χ1n) is 12.4. The molecule has 0 saturated carbocycles. The highest BCUT2D eigenvalue weighted by Crippen LogP contribution is 2.33. The van der Waals surface area contributed by atoms with Gasteiger partial charge in [0.1, 0.15) is 0 Å². The molecular weight excluding hydrogens is 438 g/mol. The molecule has 0 fully saturated rings. The van der Waals surface area contributed by atoms with Crippen molar-refractivity contribution >= 4 is 27.5 Å². The maximum atomic E-state index is 5.16. The Morgan fingerprint density at radius 1 is 0.528 bits per heavy atom. The summed E-state index contributed by atoms with van der Waals surface area (Å²) >= 11 is 0. The van der Waals surface area contributed by atoms with Gasteiger partial charge in [0.15, 0.2) is 6.29 Å². The third-order valence-electron chi connectivity index (χ3n) is 7.11. The molecule has 0 saturated heterocycles. The second kappa shape index (κ2) is 8.63. The van der Waals surface area contributed by atoms with Crippen molar-refractivity contribution in [3.8, 4) is 22.3 Å². The number of benzene rings is 5. The monoisotopic (exact) mass is 463 g/mol. The van der Waals surface area contributed by atoms with Gasteiger partial charge in [0, 0.05) is 17.3 Å². The molecule has 36 heavy (non-hydrogen) atoms. The maximum Gasteiger partial charge on any atom is 0.181 e. The van der Waals surface area contributed by atoms with Gasteiger partial charge in [0.2, 0.25) is 0 Å². The van der Waals surface area contributed by atoms with Crippen LogP contribution in [0.2, 0.25) is 0 Å². The first-order valence-corrected chi connectivity index (χ1v) is 12.4. The highest BCUT2D eigenvalue weighted by atomic mass is 15.3. The van der Waals surface area contributed by atoms with Crippen LogP contribution in [0.15, 0.2) is 132 Å². The summed E-state index contributed by atoms with van der Waals surface area (Å²) in [5, 5.41) is 6.16. The van der Waals surface area contributed by atoms with Gasteiger partial charge in [-0.05, 0) is 46.0 Å². The number of rotatable bonds is 4. The SMILES string of the molecule is c1ccc(-c2ccc(-c3cccc(C4=NC(n5c6ccccc6c6ccccc65)NC4)c3)cc2)cc1. The number of hydrogen-bond donors (Lipinski definition) is 1. The smallest absolute Gasteiger partial charge is 0.181 e. The second-order valence-corrected chi connectivity index (χ2v) is 9.26. The number of aliphatic imine (C=N–C) groups is 1. The third kappa shape index (κ3) is 3.53. The molecule has 0 radical (unpaired) electrons. The van der Waals surface area contributed by atoms with Crippen LogP contribution in [0.25, 0.3) is 44.1 Å². The maximum absolute atomic E-state index is 5.16. The molecule has 1 aromatic heterocycles. The minimum Gasteiger partial charge on any atom is -0.305 e. The van der Waals surface area contributed by atoms with Gasteiger partial charge in [-0.2, -0.15) is 0 Å². The molecule has 1 aliphatic rings. The van der Waals surface area contributed by atoms with Gasteiger partial charge in [-0.1, -0.05) is 109 Å². The van der Waals surface area contributed by atoms with Crippen LogP contribution in [0.3, 0.4) is 0 Å². The Balaban J connectivity index is 1.23. The van der Waals surface area contributed by atoms with E-state index in [4.69, 9.17) is 4.99 Å². The molecule has 1 aliphatic heterocycles. The van der Waals surface area contributed by atoms with E-state index < -0.39 is 0 Å². The number of para-hydroxylation sites is 2. The molecule has 1 unspecified atom stereocenters. The van der Waals surface area contributed by atoms with Crippen LogP contribution >= 0.6 is 0 Å². The minimum absolute atomic E-state index is 0.126. The van der Waals surface area contributed by atoms with Crippen LogP contribution in [-0.2, 0) is 0 Å². The van der Waals surface area contributed by atoms with Gasteiger partial charge in [-0.3, -0.25) is 5.32 Å². The summed E-state index contributed by atoms with van der Waals surface area (Å²) in [7, 11) is 0. The number of nitrogens with one attached hydrogen (secondary N) is 1. The van der Waals surface area contributed by atoms with E-state index in [1.165, 1.54) is 44.1 Å². The normalized spacial score (nSPS) is 15.4. The molecule has 3 nitrogen and oxygen atoms in total. The van der Waals surface area contributed by atoms with Crippen LogP contribution in [-0.4, -0.2) is 16.8 Å². The molecule has 0 bridgehead atoms. The number of aromatic nitrogens is 1. The van der Waals surface area contributed by atoms with Crippen molar-refractivity contribution in [2.75, 3.05) is 6.54 Å². The molecule has 3 heteroatoms. The topological polar surface area (TPSA) is 29.3 Å². The fraction of sp³-hybridized carbons (Fsp3) is 0.0606. The summed E-state index contributed by atoms with van der Waals surface area (Å²) in [6.07, 6.45) is -0.126. The largest absolute Gasteiger partial charge is 0.305 e. The molecule has 6 aromatic rings. The summed E-state index contributed by atoms with van der Waals surface area (Å²) < 4.78 is 2.32. The quantitative estimate of drug-likeness (QED) is 0.285. The summed E-state index contributed by atoms with van der Waals surface area (Å²) in [6, 6.07) is 45.2. The van der Waals surface area contributed by atoms with Gasteiger partial charge in [-0.15, -0.1) is 0 Å². The summed E-state index contributed by atoms with van der Waals surface area (Å²) in [5.41, 5.74) is 9.54. The lowest BCUT2D eigenvalue weighted by atomic mass is 9.98. The standard InChI is InChI=1S/C33H25N3/c1-2-9-23(10-3-1)24-17-19-25(20-18-24)26-11-8-12-27(21-26)30-22-34-33(35-30)36-31-15-6-4-13-28(31)29-14-5-7-16-32(29)36/h1-21,33-34H,22H2.